The molecule has 0 spiro atoms. The fourth-order valence-corrected chi connectivity index (χ4v) is 3.55. The Kier molecular flexibility index (Phi) is 5.60. The summed E-state index contributed by atoms with van der Waals surface area (Å²) in [4.78, 5) is 16.9. The molecule has 0 N–H and O–H groups in total. The summed E-state index contributed by atoms with van der Waals surface area (Å²) < 4.78 is 20.1. The highest BCUT2D eigenvalue weighted by molar-refractivity contribution is 7.71. The van der Waals surface area contributed by atoms with Crippen LogP contribution < -0.4 is 9.47 Å². The van der Waals surface area contributed by atoms with Crippen molar-refractivity contribution in [2.24, 2.45) is 0 Å². The normalized spacial score (nSPS) is 16.5. The van der Waals surface area contributed by atoms with Gasteiger partial charge in [0.15, 0.2) is 16.3 Å². The molecule has 1 amide bonds. The number of ether oxygens (including phenoxy) is 3. The maximum absolute atomic E-state index is 12.8. The molecule has 3 heterocycles. The van der Waals surface area contributed by atoms with Crippen LogP contribution in [-0.2, 0) is 18.0 Å². The van der Waals surface area contributed by atoms with Gasteiger partial charge in [-0.1, -0.05) is 0 Å². The number of benzene rings is 1. The molecule has 1 aromatic heterocycles. The number of piperazine rings is 1. The predicted octanol–water partition coefficient (Wildman–Crippen LogP) is 1.20. The van der Waals surface area contributed by atoms with Crippen molar-refractivity contribution in [1.82, 2.24) is 24.1 Å². The van der Waals surface area contributed by atoms with Gasteiger partial charge >= 0.3 is 0 Å². The van der Waals surface area contributed by atoms with E-state index in [1.54, 1.807) is 36.3 Å². The van der Waals surface area contributed by atoms with Crippen LogP contribution in [0.3, 0.4) is 0 Å². The third-order valence-corrected chi connectivity index (χ3v) is 5.39. The lowest BCUT2D eigenvalue weighted by Gasteiger charge is -2.34. The summed E-state index contributed by atoms with van der Waals surface area (Å²) >= 11 is 5.47. The van der Waals surface area contributed by atoms with Crippen LogP contribution in [0.15, 0.2) is 24.5 Å². The van der Waals surface area contributed by atoms with Gasteiger partial charge in [-0.2, -0.15) is 5.10 Å². The molecular formula is C18H23N5O4S. The highest BCUT2D eigenvalue weighted by Crippen LogP contribution is 2.32. The molecule has 0 radical (unpaired) electrons. The van der Waals surface area contributed by atoms with Crippen molar-refractivity contribution in [2.45, 2.75) is 13.2 Å². The summed E-state index contributed by atoms with van der Waals surface area (Å²) in [6.07, 6.45) is 1.74. The molecule has 0 bridgehead atoms. The second-order valence-electron chi connectivity index (χ2n) is 6.72. The van der Waals surface area contributed by atoms with E-state index in [1.807, 2.05) is 9.47 Å². The average molecular weight is 405 g/mol. The zero-order valence-electron chi connectivity index (χ0n) is 15.7. The summed E-state index contributed by atoms with van der Waals surface area (Å²) in [5.74, 6) is 1.32. The third kappa shape index (κ3) is 3.89. The number of fused-ring (bicyclic) bond motifs is 1. The molecule has 2 aromatic rings. The minimum absolute atomic E-state index is 0.0124. The molecule has 0 aliphatic carbocycles. The molecule has 0 saturated carbocycles. The monoisotopic (exact) mass is 405 g/mol. The van der Waals surface area contributed by atoms with Crippen LogP contribution in [0, 0.1) is 4.77 Å². The topological polar surface area (TPSA) is 74.0 Å². The van der Waals surface area contributed by atoms with Crippen LogP contribution in [-0.4, -0.2) is 76.7 Å². The second-order valence-corrected chi connectivity index (χ2v) is 7.08. The molecule has 0 atom stereocenters. The van der Waals surface area contributed by atoms with E-state index in [9.17, 15) is 4.79 Å². The summed E-state index contributed by atoms with van der Waals surface area (Å²) in [6.45, 7) is 4.95. The van der Waals surface area contributed by atoms with E-state index in [0.717, 1.165) is 13.1 Å². The van der Waals surface area contributed by atoms with Gasteiger partial charge in [0.25, 0.3) is 5.91 Å². The molecule has 0 unspecified atom stereocenters. The Balaban J connectivity index is 1.33. The molecule has 1 fully saturated rings. The fraction of sp³-hybridized carbons (Fsp3) is 0.500. The van der Waals surface area contributed by atoms with Crippen LogP contribution in [0.4, 0.5) is 0 Å². The van der Waals surface area contributed by atoms with Gasteiger partial charge in [-0.3, -0.25) is 9.69 Å². The zero-order chi connectivity index (χ0) is 19.5. The van der Waals surface area contributed by atoms with Crippen molar-refractivity contribution >= 4 is 18.1 Å². The SMILES string of the molecule is COCCn1cnn(CN2CCN(C(=O)c3ccc4c(c3)OCO4)CC2)c1=S. The van der Waals surface area contributed by atoms with E-state index in [1.165, 1.54) is 0 Å². The van der Waals surface area contributed by atoms with Gasteiger partial charge in [-0.15, -0.1) is 0 Å². The molecule has 4 rings (SSSR count). The number of amides is 1. The number of carbonyl (C=O) groups excluding carboxylic acids is 1. The maximum Gasteiger partial charge on any atom is 0.254 e. The second kappa shape index (κ2) is 8.29. The Morgan fingerprint density at radius 3 is 2.79 bits per heavy atom. The molecule has 1 saturated heterocycles. The first-order chi connectivity index (χ1) is 13.7. The van der Waals surface area contributed by atoms with Gasteiger partial charge in [-0.05, 0) is 30.4 Å². The summed E-state index contributed by atoms with van der Waals surface area (Å²) in [5, 5.41) is 4.37. The number of hydrogen-bond acceptors (Lipinski definition) is 7. The molecule has 9 nitrogen and oxygen atoms in total. The van der Waals surface area contributed by atoms with E-state index in [2.05, 4.69) is 10.00 Å². The van der Waals surface area contributed by atoms with Gasteiger partial charge in [0.2, 0.25) is 6.79 Å². The van der Waals surface area contributed by atoms with Crippen LogP contribution in [0.5, 0.6) is 11.5 Å². The van der Waals surface area contributed by atoms with Gasteiger partial charge in [0.05, 0.1) is 13.3 Å². The lowest BCUT2D eigenvalue weighted by molar-refractivity contribution is 0.0584. The Bertz CT molecular complexity index is 904. The first kappa shape index (κ1) is 18.9. The fourth-order valence-electron chi connectivity index (χ4n) is 3.31. The molecule has 28 heavy (non-hydrogen) atoms. The van der Waals surface area contributed by atoms with E-state index in [0.29, 0.717) is 54.7 Å². The number of nitrogens with zero attached hydrogens (tertiary/aromatic N) is 5. The standard InChI is InChI=1S/C18H23N5O4S/c1-25-9-8-22-11-19-23(18(22)28)12-20-4-6-21(7-5-20)17(24)14-2-3-15-16(10-14)27-13-26-15/h2-3,10-11H,4-9,12-13H2,1H3. The van der Waals surface area contributed by atoms with Crippen LogP contribution in [0.25, 0.3) is 0 Å². The van der Waals surface area contributed by atoms with Crippen molar-refractivity contribution < 1.29 is 19.0 Å². The number of carbonyl (C=O) groups is 1. The Labute approximate surface area is 168 Å². The first-order valence-corrected chi connectivity index (χ1v) is 9.59. The zero-order valence-corrected chi connectivity index (χ0v) is 16.6. The summed E-state index contributed by atoms with van der Waals surface area (Å²) in [7, 11) is 1.67. The Hall–Kier alpha value is -2.43. The number of rotatable bonds is 6. The Morgan fingerprint density at radius 1 is 1.21 bits per heavy atom. The minimum atomic E-state index is 0.0124. The third-order valence-electron chi connectivity index (χ3n) is 4.95. The lowest BCUT2D eigenvalue weighted by Crippen LogP contribution is -2.49. The quantitative estimate of drug-likeness (QED) is 0.669. The van der Waals surface area contributed by atoms with Crippen LogP contribution in [0.2, 0.25) is 0 Å². The first-order valence-electron chi connectivity index (χ1n) is 9.18. The largest absolute Gasteiger partial charge is 0.454 e. The molecule has 10 heteroatoms. The average Bonchev–Trinajstić information content (AvgIpc) is 3.33. The molecule has 150 valence electrons. The van der Waals surface area contributed by atoms with Gasteiger partial charge in [-0.25, -0.2) is 4.68 Å². The summed E-state index contributed by atoms with van der Waals surface area (Å²) in [6, 6.07) is 5.32. The van der Waals surface area contributed by atoms with E-state index < -0.39 is 0 Å². The van der Waals surface area contributed by atoms with E-state index >= 15 is 0 Å². The van der Waals surface area contributed by atoms with E-state index in [-0.39, 0.29) is 12.7 Å². The van der Waals surface area contributed by atoms with Crippen LogP contribution in [0.1, 0.15) is 10.4 Å². The predicted molar refractivity (Wildman–Crippen MR) is 103 cm³/mol. The van der Waals surface area contributed by atoms with Crippen molar-refractivity contribution in [3.8, 4) is 11.5 Å². The van der Waals surface area contributed by atoms with Crippen molar-refractivity contribution in [1.29, 1.82) is 0 Å². The Morgan fingerprint density at radius 2 is 2.00 bits per heavy atom. The van der Waals surface area contributed by atoms with Gasteiger partial charge in [0, 0.05) is 45.4 Å². The van der Waals surface area contributed by atoms with Crippen LogP contribution >= 0.6 is 12.2 Å². The van der Waals surface area contributed by atoms with Crippen molar-refractivity contribution in [2.75, 3.05) is 46.7 Å². The maximum atomic E-state index is 12.8. The van der Waals surface area contributed by atoms with Gasteiger partial charge < -0.3 is 23.7 Å². The van der Waals surface area contributed by atoms with E-state index in [4.69, 9.17) is 26.4 Å². The molecular weight excluding hydrogens is 382 g/mol. The minimum Gasteiger partial charge on any atom is -0.454 e. The molecule has 2 aliphatic rings. The number of hydrogen-bond donors (Lipinski definition) is 0. The number of aromatic nitrogens is 3. The van der Waals surface area contributed by atoms with Gasteiger partial charge in [0.1, 0.15) is 6.33 Å². The van der Waals surface area contributed by atoms with Crippen molar-refractivity contribution in [3.63, 3.8) is 0 Å². The lowest BCUT2D eigenvalue weighted by atomic mass is 10.1. The highest BCUT2D eigenvalue weighted by atomic mass is 32.1. The van der Waals surface area contributed by atoms with Crippen molar-refractivity contribution in [3.05, 3.63) is 34.9 Å². The highest BCUT2D eigenvalue weighted by Gasteiger charge is 2.24. The molecule has 2 aliphatic heterocycles. The smallest absolute Gasteiger partial charge is 0.254 e. The number of methoxy groups -OCH3 is 1. The molecule has 1 aromatic carbocycles. The summed E-state index contributed by atoms with van der Waals surface area (Å²) in [5.41, 5.74) is 0.622.